The molecule has 5 rings (SSSR count). The average Bonchev–Trinajstić information content (AvgIpc) is 3.54. The van der Waals surface area contributed by atoms with Gasteiger partial charge in [-0.05, 0) is 43.3 Å². The van der Waals surface area contributed by atoms with E-state index in [0.29, 0.717) is 0 Å². The molecule has 1 aliphatic heterocycles. The molecule has 3 aromatic heterocycles. The lowest BCUT2D eigenvalue weighted by molar-refractivity contribution is 0.0922. The number of pyridine rings is 1. The number of carbonyl (C=O) groups excluding carboxylic acids is 1. The fraction of sp³-hybridized carbons (Fsp3) is 0.375. The summed E-state index contributed by atoms with van der Waals surface area (Å²) < 4.78 is 7.61. The van der Waals surface area contributed by atoms with Gasteiger partial charge < -0.3 is 29.4 Å². The number of likely N-dealkylation sites (N-methyl/N-ethyl adjacent to an activating group) is 2. The molecule has 1 aromatic carbocycles. The molecule has 0 radical (unpaired) electrons. The SMILES string of the molecule is CNc1nc2[nH]c(-c3cccc(COC(=O)N(C)C4CCN(C)C4)c3)cc2c2c1ncn2C. The molecular weight excluding hydrogens is 418 g/mol. The number of hydrogen-bond acceptors (Lipinski definition) is 6. The molecule has 1 fully saturated rings. The smallest absolute Gasteiger partial charge is 0.410 e. The van der Waals surface area contributed by atoms with Crippen LogP contribution in [0.25, 0.3) is 33.3 Å². The van der Waals surface area contributed by atoms with Crippen molar-refractivity contribution in [2.24, 2.45) is 7.05 Å². The normalized spacial score (nSPS) is 16.5. The number of likely N-dealkylation sites (tertiary alicyclic amines) is 1. The number of amides is 1. The van der Waals surface area contributed by atoms with Crippen molar-refractivity contribution in [3.05, 3.63) is 42.2 Å². The Bertz CT molecular complexity index is 1330. The topological polar surface area (TPSA) is 91.3 Å². The maximum absolute atomic E-state index is 12.5. The lowest BCUT2D eigenvalue weighted by Crippen LogP contribution is -2.38. The fourth-order valence-corrected chi connectivity index (χ4v) is 4.58. The van der Waals surface area contributed by atoms with Crippen LogP contribution in [0.3, 0.4) is 0 Å². The number of imidazole rings is 1. The molecular formula is C24H29N7O2. The van der Waals surface area contributed by atoms with Crippen LogP contribution in [0.5, 0.6) is 0 Å². The summed E-state index contributed by atoms with van der Waals surface area (Å²) in [5.41, 5.74) is 5.56. The molecule has 2 N–H and O–H groups in total. The van der Waals surface area contributed by atoms with Crippen molar-refractivity contribution in [3.63, 3.8) is 0 Å². The number of rotatable bonds is 5. The first-order valence-corrected chi connectivity index (χ1v) is 11.1. The van der Waals surface area contributed by atoms with Gasteiger partial charge in [0.1, 0.15) is 17.8 Å². The molecule has 0 saturated carbocycles. The van der Waals surface area contributed by atoms with E-state index >= 15 is 0 Å². The minimum atomic E-state index is -0.284. The number of nitrogens with one attached hydrogen (secondary N) is 2. The van der Waals surface area contributed by atoms with Gasteiger partial charge in [-0.2, -0.15) is 0 Å². The zero-order valence-corrected chi connectivity index (χ0v) is 19.4. The molecule has 0 bridgehead atoms. The molecule has 4 heterocycles. The molecule has 1 amide bonds. The summed E-state index contributed by atoms with van der Waals surface area (Å²) in [5.74, 6) is 0.740. The highest BCUT2D eigenvalue weighted by Gasteiger charge is 2.27. The van der Waals surface area contributed by atoms with Gasteiger partial charge in [-0.1, -0.05) is 18.2 Å². The summed E-state index contributed by atoms with van der Waals surface area (Å²) in [6.45, 7) is 2.12. The predicted molar refractivity (Wildman–Crippen MR) is 129 cm³/mol. The van der Waals surface area contributed by atoms with Crippen LogP contribution in [0.4, 0.5) is 10.6 Å². The van der Waals surface area contributed by atoms with Crippen molar-refractivity contribution in [2.75, 3.05) is 39.5 Å². The summed E-state index contributed by atoms with van der Waals surface area (Å²) in [7, 11) is 7.72. The van der Waals surface area contributed by atoms with Crippen LogP contribution < -0.4 is 5.32 Å². The molecule has 9 nitrogen and oxygen atoms in total. The van der Waals surface area contributed by atoms with Gasteiger partial charge in [-0.15, -0.1) is 0 Å². The van der Waals surface area contributed by atoms with Crippen molar-refractivity contribution >= 4 is 34.0 Å². The molecule has 33 heavy (non-hydrogen) atoms. The lowest BCUT2D eigenvalue weighted by Gasteiger charge is -2.23. The first-order chi connectivity index (χ1) is 15.9. The van der Waals surface area contributed by atoms with Crippen LogP contribution in [0.1, 0.15) is 12.0 Å². The molecule has 1 unspecified atom stereocenters. The van der Waals surface area contributed by atoms with Crippen LogP contribution in [-0.4, -0.2) is 75.7 Å². The van der Waals surface area contributed by atoms with Gasteiger partial charge in [0.15, 0.2) is 5.82 Å². The van der Waals surface area contributed by atoms with Gasteiger partial charge in [-0.25, -0.2) is 14.8 Å². The summed E-state index contributed by atoms with van der Waals surface area (Å²) in [5, 5.41) is 4.14. The van der Waals surface area contributed by atoms with Crippen molar-refractivity contribution in [1.82, 2.24) is 29.3 Å². The number of ether oxygens (including phenoxy) is 1. The van der Waals surface area contributed by atoms with Crippen molar-refractivity contribution in [2.45, 2.75) is 19.1 Å². The number of H-pyrrole nitrogens is 1. The minimum absolute atomic E-state index is 0.207. The van der Waals surface area contributed by atoms with Crippen molar-refractivity contribution < 1.29 is 9.53 Å². The lowest BCUT2D eigenvalue weighted by atomic mass is 10.1. The third-order valence-corrected chi connectivity index (χ3v) is 6.48. The Labute approximate surface area is 192 Å². The minimum Gasteiger partial charge on any atom is -0.445 e. The quantitative estimate of drug-likeness (QED) is 0.487. The third-order valence-electron chi connectivity index (χ3n) is 6.48. The van der Waals surface area contributed by atoms with Gasteiger partial charge >= 0.3 is 6.09 Å². The van der Waals surface area contributed by atoms with E-state index in [1.807, 2.05) is 50.0 Å². The standard InChI is InChI=1S/C24H29N7O2/c1-25-23-20-21(30(3)14-26-20)18-11-19(27-22(18)28-23)16-7-5-6-15(10-16)13-33-24(32)31(4)17-8-9-29(2)12-17/h5-7,10-11,14,17H,8-9,12-13H2,1-4H3,(H2,25,27,28). The zero-order valence-electron chi connectivity index (χ0n) is 19.4. The maximum Gasteiger partial charge on any atom is 0.410 e. The molecule has 172 valence electrons. The highest BCUT2D eigenvalue weighted by atomic mass is 16.6. The van der Waals surface area contributed by atoms with Crippen molar-refractivity contribution in [3.8, 4) is 11.3 Å². The number of benzene rings is 1. The Balaban J connectivity index is 1.37. The van der Waals surface area contributed by atoms with Crippen LogP contribution in [0.2, 0.25) is 0 Å². The summed E-state index contributed by atoms with van der Waals surface area (Å²) in [4.78, 5) is 29.1. The monoisotopic (exact) mass is 447 g/mol. The zero-order chi connectivity index (χ0) is 23.1. The van der Waals surface area contributed by atoms with E-state index in [1.165, 1.54) is 0 Å². The number of fused-ring (bicyclic) bond motifs is 3. The van der Waals surface area contributed by atoms with E-state index < -0.39 is 0 Å². The van der Waals surface area contributed by atoms with E-state index in [-0.39, 0.29) is 18.7 Å². The van der Waals surface area contributed by atoms with E-state index in [0.717, 1.165) is 64.2 Å². The molecule has 1 atom stereocenters. The number of anilines is 1. The fourth-order valence-electron chi connectivity index (χ4n) is 4.58. The average molecular weight is 448 g/mol. The Morgan fingerprint density at radius 3 is 2.94 bits per heavy atom. The van der Waals surface area contributed by atoms with Gasteiger partial charge in [0.25, 0.3) is 0 Å². The predicted octanol–water partition coefficient (Wildman–Crippen LogP) is 3.43. The van der Waals surface area contributed by atoms with Crippen LogP contribution in [0.15, 0.2) is 36.7 Å². The van der Waals surface area contributed by atoms with Gasteiger partial charge in [0.2, 0.25) is 0 Å². The first kappa shape index (κ1) is 21.3. The van der Waals surface area contributed by atoms with Crippen LogP contribution in [0, 0.1) is 0 Å². The van der Waals surface area contributed by atoms with Crippen molar-refractivity contribution in [1.29, 1.82) is 0 Å². The second kappa shape index (κ2) is 8.40. The Kier molecular flexibility index (Phi) is 5.41. The number of hydrogen-bond donors (Lipinski definition) is 2. The van der Waals surface area contributed by atoms with Gasteiger partial charge in [-0.3, -0.25) is 0 Å². The summed E-state index contributed by atoms with van der Waals surface area (Å²) >= 11 is 0. The van der Waals surface area contributed by atoms with E-state index in [1.54, 1.807) is 11.2 Å². The second-order valence-corrected chi connectivity index (χ2v) is 8.78. The highest BCUT2D eigenvalue weighted by molar-refractivity contribution is 6.07. The maximum atomic E-state index is 12.5. The number of nitrogens with zero attached hydrogens (tertiary/aromatic N) is 5. The molecule has 1 saturated heterocycles. The van der Waals surface area contributed by atoms with Gasteiger partial charge in [0.05, 0.1) is 11.8 Å². The molecule has 9 heteroatoms. The summed E-state index contributed by atoms with van der Waals surface area (Å²) in [6.07, 6.45) is 2.49. The first-order valence-electron chi connectivity index (χ1n) is 11.1. The van der Waals surface area contributed by atoms with Gasteiger partial charge in [0, 0.05) is 44.8 Å². The number of carbonyl (C=O) groups is 1. The van der Waals surface area contributed by atoms with E-state index in [2.05, 4.69) is 33.3 Å². The number of aromatic amines is 1. The molecule has 0 aliphatic carbocycles. The van der Waals surface area contributed by atoms with Crippen LogP contribution >= 0.6 is 0 Å². The van der Waals surface area contributed by atoms with E-state index in [4.69, 9.17) is 9.72 Å². The molecule has 4 aromatic rings. The largest absolute Gasteiger partial charge is 0.445 e. The summed E-state index contributed by atoms with van der Waals surface area (Å²) in [6, 6.07) is 10.3. The third kappa shape index (κ3) is 3.89. The Hall–Kier alpha value is -3.59. The number of aromatic nitrogens is 4. The second-order valence-electron chi connectivity index (χ2n) is 8.78. The number of aryl methyl sites for hydroxylation is 1. The highest BCUT2D eigenvalue weighted by Crippen LogP contribution is 2.31. The van der Waals surface area contributed by atoms with Crippen LogP contribution in [-0.2, 0) is 18.4 Å². The molecule has 0 spiro atoms. The molecule has 1 aliphatic rings. The Morgan fingerprint density at radius 2 is 2.18 bits per heavy atom. The Morgan fingerprint density at radius 1 is 1.33 bits per heavy atom. The van der Waals surface area contributed by atoms with E-state index in [9.17, 15) is 4.79 Å².